The molecule has 1 saturated carbocycles. The minimum absolute atomic E-state index is 0.0174. The summed E-state index contributed by atoms with van der Waals surface area (Å²) in [6.07, 6.45) is 1.36. The number of benzene rings is 1. The van der Waals surface area contributed by atoms with E-state index in [2.05, 4.69) is 15.7 Å². The second-order valence-electron chi connectivity index (χ2n) is 8.40. The molecule has 1 aromatic carbocycles. The number of anilines is 2. The van der Waals surface area contributed by atoms with Gasteiger partial charge in [-0.05, 0) is 43.9 Å². The first-order valence-corrected chi connectivity index (χ1v) is 12.3. The molecule has 11 nitrogen and oxygen atoms in total. The summed E-state index contributed by atoms with van der Waals surface area (Å²) in [6.45, 7) is -0.282. The molecule has 1 aliphatic carbocycles. The molecule has 0 unspecified atom stereocenters. The number of hydrogen-bond acceptors (Lipinski definition) is 7. The lowest BCUT2D eigenvalue weighted by molar-refractivity contribution is -0.119. The predicted octanol–water partition coefficient (Wildman–Crippen LogP) is 2.64. The van der Waals surface area contributed by atoms with E-state index >= 15 is 0 Å². The fourth-order valence-corrected chi connectivity index (χ4v) is 5.21. The fourth-order valence-electron chi connectivity index (χ4n) is 3.55. The molecule has 1 aliphatic heterocycles. The summed E-state index contributed by atoms with van der Waals surface area (Å²) in [5.74, 6) is 0.217. The number of hydrogen-bond donors (Lipinski definition) is 2. The average molecular weight is 514 g/mol. The Balaban J connectivity index is 1.66. The molecule has 1 atom stereocenters. The topological polar surface area (TPSA) is 132 Å². The fraction of sp³-hybridized carbons (Fsp3) is 0.476. The molecule has 1 aromatic heterocycles. The van der Waals surface area contributed by atoms with Crippen LogP contribution < -0.4 is 19.7 Å². The van der Waals surface area contributed by atoms with Crippen LogP contribution in [-0.2, 0) is 19.6 Å². The van der Waals surface area contributed by atoms with Gasteiger partial charge in [-0.25, -0.2) is 17.9 Å². The highest BCUT2D eigenvalue weighted by molar-refractivity contribution is 7.92. The zero-order valence-corrected chi connectivity index (χ0v) is 19.8. The quantitative estimate of drug-likeness (QED) is 0.555. The van der Waals surface area contributed by atoms with Gasteiger partial charge in [-0.1, -0.05) is 0 Å². The Bertz CT molecular complexity index is 1230. The van der Waals surface area contributed by atoms with E-state index in [-0.39, 0.29) is 46.5 Å². The zero-order valence-electron chi connectivity index (χ0n) is 19.0. The Kier molecular flexibility index (Phi) is 6.83. The average Bonchev–Trinajstić information content (AvgIpc) is 3.54. The van der Waals surface area contributed by atoms with E-state index in [1.807, 2.05) is 0 Å². The van der Waals surface area contributed by atoms with Crippen LogP contribution in [0.4, 0.5) is 25.0 Å². The number of ether oxygens (including phenoxy) is 2. The van der Waals surface area contributed by atoms with Crippen LogP contribution in [0.2, 0.25) is 0 Å². The van der Waals surface area contributed by atoms with Gasteiger partial charge in [-0.2, -0.15) is 13.9 Å². The van der Waals surface area contributed by atoms with Crippen LogP contribution in [-0.4, -0.2) is 56.0 Å². The second kappa shape index (κ2) is 9.68. The summed E-state index contributed by atoms with van der Waals surface area (Å²) in [5.41, 5.74) is 0.247. The van der Waals surface area contributed by atoms with E-state index in [1.165, 1.54) is 32.0 Å². The van der Waals surface area contributed by atoms with E-state index in [0.29, 0.717) is 12.5 Å². The summed E-state index contributed by atoms with van der Waals surface area (Å²) < 4.78 is 65.7. The Hall–Kier alpha value is -3.42. The zero-order chi connectivity index (χ0) is 25.3. The molecule has 2 heterocycles. The number of aryl methyl sites for hydroxylation is 1. The molecule has 0 bridgehead atoms. The number of alkyl halides is 2. The van der Waals surface area contributed by atoms with E-state index in [4.69, 9.17) is 9.47 Å². The van der Waals surface area contributed by atoms with Gasteiger partial charge in [0.25, 0.3) is 10.0 Å². The van der Waals surface area contributed by atoms with Gasteiger partial charge in [-0.15, -0.1) is 0 Å². The number of fused-ring (bicyclic) bond motifs is 1. The molecule has 35 heavy (non-hydrogen) atoms. The third kappa shape index (κ3) is 5.63. The number of rotatable bonds is 8. The van der Waals surface area contributed by atoms with Crippen molar-refractivity contribution >= 4 is 33.4 Å². The van der Waals surface area contributed by atoms with Crippen LogP contribution in [0, 0.1) is 12.8 Å². The molecule has 2 aliphatic rings. The molecule has 2 N–H and O–H groups in total. The maximum absolute atomic E-state index is 13.6. The molecule has 190 valence electrons. The Morgan fingerprint density at radius 3 is 2.69 bits per heavy atom. The Labute approximate surface area is 200 Å². The van der Waals surface area contributed by atoms with E-state index in [0.717, 1.165) is 23.3 Å². The number of sulfonamides is 1. The Morgan fingerprint density at radius 2 is 2.06 bits per heavy atom. The predicted molar refractivity (Wildman–Crippen MR) is 120 cm³/mol. The summed E-state index contributed by atoms with van der Waals surface area (Å²) in [7, 11) is -4.37. The van der Waals surface area contributed by atoms with Gasteiger partial charge >= 0.3 is 12.6 Å². The van der Waals surface area contributed by atoms with Gasteiger partial charge in [0.2, 0.25) is 5.91 Å². The maximum atomic E-state index is 13.6. The first-order valence-electron chi connectivity index (χ1n) is 10.9. The minimum atomic E-state index is -4.37. The van der Waals surface area contributed by atoms with Gasteiger partial charge in [0.05, 0.1) is 37.3 Å². The molecule has 4 rings (SSSR count). The summed E-state index contributed by atoms with van der Waals surface area (Å²) in [5, 5.41) is 8.74. The van der Waals surface area contributed by atoms with Crippen molar-refractivity contribution in [3.8, 4) is 5.75 Å². The van der Waals surface area contributed by atoms with Crippen molar-refractivity contribution in [3.05, 3.63) is 30.1 Å². The molecule has 0 spiro atoms. The number of nitrogens with one attached hydrogen (secondary N) is 2. The van der Waals surface area contributed by atoms with Crippen LogP contribution in [0.1, 0.15) is 32.0 Å². The van der Waals surface area contributed by atoms with Crippen molar-refractivity contribution in [1.29, 1.82) is 0 Å². The third-order valence-electron chi connectivity index (χ3n) is 5.50. The lowest BCUT2D eigenvalue weighted by Crippen LogP contribution is -2.48. The summed E-state index contributed by atoms with van der Waals surface area (Å²) in [6, 6.07) is 4.39. The summed E-state index contributed by atoms with van der Waals surface area (Å²) in [4.78, 5) is 23.1. The van der Waals surface area contributed by atoms with E-state index in [1.54, 1.807) is 0 Å². The maximum Gasteiger partial charge on any atom is 0.411 e. The number of carbonyl (C=O) groups excluding carboxylic acids is 2. The largest absolute Gasteiger partial charge is 0.484 e. The van der Waals surface area contributed by atoms with Crippen LogP contribution in [0.25, 0.3) is 0 Å². The number of aromatic nitrogens is 2. The van der Waals surface area contributed by atoms with E-state index < -0.39 is 33.7 Å². The van der Waals surface area contributed by atoms with Crippen LogP contribution in [0.5, 0.6) is 5.75 Å². The van der Waals surface area contributed by atoms with Gasteiger partial charge < -0.3 is 14.8 Å². The molecule has 14 heteroatoms. The number of carbonyl (C=O) groups is 2. The molecule has 0 saturated heterocycles. The SMILES string of the molecule is CC(=O)NC[C@H]1CN(S(=O)(=O)c2cn(C(F)F)nc2C)c2cc(NC(=O)OCC3CC3)ccc2O1. The molecule has 0 radical (unpaired) electrons. The first-order chi connectivity index (χ1) is 16.5. The number of amides is 2. The van der Waals surface area contributed by atoms with Crippen molar-refractivity contribution in [2.75, 3.05) is 29.3 Å². The molecule has 1 fully saturated rings. The van der Waals surface area contributed by atoms with Crippen LogP contribution in [0.15, 0.2) is 29.3 Å². The lowest BCUT2D eigenvalue weighted by Gasteiger charge is -2.35. The third-order valence-corrected chi connectivity index (χ3v) is 7.39. The highest BCUT2D eigenvalue weighted by atomic mass is 32.2. The highest BCUT2D eigenvalue weighted by Crippen LogP contribution is 2.39. The molecular formula is C21H25F2N5O6S. The van der Waals surface area contributed by atoms with Crippen LogP contribution >= 0.6 is 0 Å². The van der Waals surface area contributed by atoms with Gasteiger partial charge in [0.1, 0.15) is 16.7 Å². The minimum Gasteiger partial charge on any atom is -0.484 e. The van der Waals surface area contributed by atoms with Gasteiger partial charge in [0, 0.05) is 12.6 Å². The highest BCUT2D eigenvalue weighted by Gasteiger charge is 2.37. The molecule has 2 aromatic rings. The lowest BCUT2D eigenvalue weighted by atomic mass is 10.2. The monoisotopic (exact) mass is 513 g/mol. The van der Waals surface area contributed by atoms with Crippen molar-refractivity contribution in [1.82, 2.24) is 15.1 Å². The van der Waals surface area contributed by atoms with Crippen molar-refractivity contribution in [3.63, 3.8) is 0 Å². The normalized spacial score (nSPS) is 17.5. The van der Waals surface area contributed by atoms with Crippen molar-refractivity contribution in [2.24, 2.45) is 5.92 Å². The van der Waals surface area contributed by atoms with Crippen molar-refractivity contribution in [2.45, 2.75) is 44.2 Å². The molecular weight excluding hydrogens is 488 g/mol. The first kappa shape index (κ1) is 24.7. The summed E-state index contributed by atoms with van der Waals surface area (Å²) >= 11 is 0. The Morgan fingerprint density at radius 1 is 1.31 bits per heavy atom. The van der Waals surface area contributed by atoms with Crippen molar-refractivity contribution < 1.29 is 36.3 Å². The van der Waals surface area contributed by atoms with E-state index in [9.17, 15) is 26.8 Å². The standard InChI is InChI=1S/C21H25F2N5O6S/c1-12-19(10-27(26-12)20(22)23)35(31,32)28-9-16(8-24-13(2)29)34-18-6-5-15(7-17(18)28)25-21(30)33-11-14-3-4-14/h5-7,10,14,16,20H,3-4,8-9,11H2,1-2H3,(H,24,29)(H,25,30)/t16-/m0/s1. The van der Waals surface area contributed by atoms with Gasteiger partial charge in [0.15, 0.2) is 0 Å². The van der Waals surface area contributed by atoms with Gasteiger partial charge in [-0.3, -0.25) is 14.4 Å². The second-order valence-corrected chi connectivity index (χ2v) is 10.2. The number of halogens is 2. The smallest absolute Gasteiger partial charge is 0.411 e. The molecule has 2 amide bonds. The van der Waals surface area contributed by atoms with Crippen LogP contribution in [0.3, 0.4) is 0 Å². The number of nitrogens with zero attached hydrogens (tertiary/aromatic N) is 3.